The third-order valence-corrected chi connectivity index (χ3v) is 5.14. The number of anilines is 1. The highest BCUT2D eigenvalue weighted by Crippen LogP contribution is 2.32. The summed E-state index contributed by atoms with van der Waals surface area (Å²) in [6.07, 6.45) is 0.525. The van der Waals surface area contributed by atoms with E-state index in [2.05, 4.69) is 4.98 Å². The average molecular weight is 412 g/mol. The van der Waals surface area contributed by atoms with E-state index in [0.29, 0.717) is 19.0 Å². The number of benzene rings is 2. The second-order valence-corrected chi connectivity index (χ2v) is 7.60. The van der Waals surface area contributed by atoms with Crippen LogP contribution in [0.3, 0.4) is 0 Å². The lowest BCUT2D eigenvalue weighted by molar-refractivity contribution is -0.858. The fourth-order valence-electron chi connectivity index (χ4n) is 2.77. The van der Waals surface area contributed by atoms with Gasteiger partial charge < -0.3 is 4.90 Å². The molecule has 3 rings (SSSR count). The van der Waals surface area contributed by atoms with Gasteiger partial charge in [0, 0.05) is 19.0 Å². The number of hydrogen-bond acceptors (Lipinski definition) is 3. The summed E-state index contributed by atoms with van der Waals surface area (Å²) in [6, 6.07) is 4.95. The van der Waals surface area contributed by atoms with Crippen LogP contribution >= 0.6 is 11.3 Å². The maximum absolute atomic E-state index is 14.1. The normalized spacial score (nSPS) is 11.4. The molecule has 1 heterocycles. The number of amides is 1. The van der Waals surface area contributed by atoms with Crippen molar-refractivity contribution in [2.45, 2.75) is 6.42 Å². The minimum absolute atomic E-state index is 0.0564. The summed E-state index contributed by atoms with van der Waals surface area (Å²) in [5, 5.41) is 0.0564. The standard InChI is InChI=1S/C19H17F4N3OS/c1-25(2)7-4-8-26(18(27)16-12(21)5-3-6-13(16)22)19-24-17-14(23)9-11(20)10-15(17)28-19/h3,5-6,9-10H,4,7-8H2,1-2H3/p+1. The summed E-state index contributed by atoms with van der Waals surface area (Å²) in [6.45, 7) is 0.819. The first-order valence-corrected chi connectivity index (χ1v) is 9.40. The number of carbonyl (C=O) groups is 1. The molecule has 4 nitrogen and oxygen atoms in total. The third kappa shape index (κ3) is 4.15. The van der Waals surface area contributed by atoms with Gasteiger partial charge in [-0.2, -0.15) is 0 Å². The fourth-order valence-corrected chi connectivity index (χ4v) is 3.80. The van der Waals surface area contributed by atoms with Gasteiger partial charge in [-0.15, -0.1) is 0 Å². The van der Waals surface area contributed by atoms with Crippen molar-refractivity contribution in [1.29, 1.82) is 0 Å². The monoisotopic (exact) mass is 412 g/mol. The molecule has 0 aliphatic carbocycles. The quantitative estimate of drug-likeness (QED) is 0.632. The Kier molecular flexibility index (Phi) is 5.95. The molecule has 0 unspecified atom stereocenters. The van der Waals surface area contributed by atoms with Crippen LogP contribution in [0.4, 0.5) is 22.7 Å². The SMILES string of the molecule is C[NH+](C)CCCN(C(=O)c1c(F)cccc1F)c1nc2c(F)cc(F)cc2s1. The number of aromatic nitrogens is 1. The number of nitrogens with one attached hydrogen (secondary N) is 1. The maximum atomic E-state index is 14.1. The molecular weight excluding hydrogens is 394 g/mol. The van der Waals surface area contributed by atoms with Gasteiger partial charge in [-0.3, -0.25) is 9.69 Å². The minimum atomic E-state index is -0.994. The molecule has 0 saturated heterocycles. The van der Waals surface area contributed by atoms with E-state index in [9.17, 15) is 22.4 Å². The van der Waals surface area contributed by atoms with Gasteiger partial charge in [-0.1, -0.05) is 17.4 Å². The predicted octanol–water partition coefficient (Wildman–Crippen LogP) is 3.03. The molecule has 0 bridgehead atoms. The topological polar surface area (TPSA) is 37.6 Å². The van der Waals surface area contributed by atoms with E-state index in [4.69, 9.17) is 0 Å². The van der Waals surface area contributed by atoms with Crippen LogP contribution in [-0.4, -0.2) is 38.1 Å². The van der Waals surface area contributed by atoms with Crippen molar-refractivity contribution in [3.8, 4) is 0 Å². The Morgan fingerprint density at radius 3 is 2.43 bits per heavy atom. The number of quaternary nitrogens is 1. The van der Waals surface area contributed by atoms with Crippen LogP contribution in [0.25, 0.3) is 10.2 Å². The van der Waals surface area contributed by atoms with Gasteiger partial charge in [0.1, 0.15) is 28.5 Å². The van der Waals surface area contributed by atoms with Gasteiger partial charge in [-0.05, 0) is 18.2 Å². The van der Waals surface area contributed by atoms with Gasteiger partial charge in [0.25, 0.3) is 5.91 Å². The molecule has 1 amide bonds. The number of thiazole rings is 1. The minimum Gasteiger partial charge on any atom is -0.340 e. The van der Waals surface area contributed by atoms with Crippen molar-refractivity contribution < 1.29 is 27.3 Å². The summed E-state index contributed by atoms with van der Waals surface area (Å²) in [4.78, 5) is 19.3. The Balaban J connectivity index is 2.04. The Bertz CT molecular complexity index is 1000. The fraction of sp³-hybridized carbons (Fsp3) is 0.263. The second-order valence-electron chi connectivity index (χ2n) is 6.59. The van der Waals surface area contributed by atoms with Gasteiger partial charge >= 0.3 is 0 Å². The maximum Gasteiger partial charge on any atom is 0.266 e. The van der Waals surface area contributed by atoms with Crippen molar-refractivity contribution in [3.63, 3.8) is 0 Å². The summed E-state index contributed by atoms with van der Waals surface area (Å²) in [5.41, 5.74) is -0.794. The van der Waals surface area contributed by atoms with E-state index in [1.54, 1.807) is 0 Å². The highest BCUT2D eigenvalue weighted by Gasteiger charge is 2.27. The Hall–Kier alpha value is -2.52. The van der Waals surface area contributed by atoms with Crippen LogP contribution in [-0.2, 0) is 0 Å². The second kappa shape index (κ2) is 8.24. The molecular formula is C19H18F4N3OS+. The van der Waals surface area contributed by atoms with Gasteiger partial charge in [-0.25, -0.2) is 22.5 Å². The number of rotatable bonds is 6. The lowest BCUT2D eigenvalue weighted by Crippen LogP contribution is -3.05. The average Bonchev–Trinajstić information content (AvgIpc) is 3.02. The van der Waals surface area contributed by atoms with E-state index in [1.165, 1.54) is 0 Å². The van der Waals surface area contributed by atoms with Gasteiger partial charge in [0.2, 0.25) is 0 Å². The molecule has 1 N–H and O–H groups in total. The van der Waals surface area contributed by atoms with Crippen LogP contribution in [0, 0.1) is 23.3 Å². The largest absolute Gasteiger partial charge is 0.340 e. The predicted molar refractivity (Wildman–Crippen MR) is 99.9 cm³/mol. The number of hydrogen-bond donors (Lipinski definition) is 1. The molecule has 0 fully saturated rings. The molecule has 0 aliphatic heterocycles. The van der Waals surface area contributed by atoms with Crippen LogP contribution in [0.15, 0.2) is 30.3 Å². The highest BCUT2D eigenvalue weighted by molar-refractivity contribution is 7.22. The van der Waals surface area contributed by atoms with Crippen molar-refractivity contribution >= 4 is 32.6 Å². The molecule has 3 aromatic rings. The smallest absolute Gasteiger partial charge is 0.266 e. The van der Waals surface area contributed by atoms with Crippen LogP contribution in [0.5, 0.6) is 0 Å². The summed E-state index contributed by atoms with van der Waals surface area (Å²) < 4.78 is 56.0. The molecule has 0 spiro atoms. The van der Waals surface area contributed by atoms with Crippen molar-refractivity contribution in [2.24, 2.45) is 0 Å². The zero-order valence-corrected chi connectivity index (χ0v) is 16.0. The summed E-state index contributed by atoms with van der Waals surface area (Å²) >= 11 is 0.890. The Morgan fingerprint density at radius 2 is 1.79 bits per heavy atom. The lowest BCUT2D eigenvalue weighted by Gasteiger charge is -2.20. The molecule has 0 aliphatic rings. The molecule has 148 valence electrons. The number of fused-ring (bicyclic) bond motifs is 1. The molecule has 0 atom stereocenters. The Morgan fingerprint density at radius 1 is 1.11 bits per heavy atom. The van der Waals surface area contributed by atoms with Crippen molar-refractivity contribution in [2.75, 3.05) is 32.1 Å². The van der Waals surface area contributed by atoms with Gasteiger partial charge in [0.05, 0.1) is 25.3 Å². The Labute approximate surface area is 163 Å². The first kappa shape index (κ1) is 20.2. The lowest BCUT2D eigenvalue weighted by atomic mass is 10.1. The van der Waals surface area contributed by atoms with E-state index in [1.807, 2.05) is 14.1 Å². The van der Waals surface area contributed by atoms with E-state index >= 15 is 0 Å². The van der Waals surface area contributed by atoms with E-state index in [0.717, 1.165) is 45.4 Å². The van der Waals surface area contributed by atoms with Crippen LogP contribution in [0.1, 0.15) is 16.8 Å². The molecule has 1 aromatic heterocycles. The number of carbonyl (C=O) groups excluding carboxylic acids is 1. The number of halogens is 4. The summed E-state index contributed by atoms with van der Waals surface area (Å²) in [5.74, 6) is -4.53. The zero-order valence-electron chi connectivity index (χ0n) is 15.2. The van der Waals surface area contributed by atoms with Crippen LogP contribution < -0.4 is 9.80 Å². The number of nitrogens with zero attached hydrogens (tertiary/aromatic N) is 2. The van der Waals surface area contributed by atoms with Crippen LogP contribution in [0.2, 0.25) is 0 Å². The highest BCUT2D eigenvalue weighted by atomic mass is 32.1. The van der Waals surface area contributed by atoms with E-state index in [-0.39, 0.29) is 21.9 Å². The molecule has 28 heavy (non-hydrogen) atoms. The third-order valence-electron chi connectivity index (χ3n) is 4.11. The van der Waals surface area contributed by atoms with Crippen molar-refractivity contribution in [3.05, 3.63) is 59.2 Å². The molecule has 0 radical (unpaired) electrons. The molecule has 0 saturated carbocycles. The van der Waals surface area contributed by atoms with Gasteiger partial charge in [0.15, 0.2) is 10.9 Å². The molecule has 2 aromatic carbocycles. The van der Waals surface area contributed by atoms with Crippen molar-refractivity contribution in [1.82, 2.24) is 4.98 Å². The first-order valence-electron chi connectivity index (χ1n) is 8.58. The zero-order chi connectivity index (χ0) is 20.4. The summed E-state index contributed by atoms with van der Waals surface area (Å²) in [7, 11) is 3.86. The molecule has 9 heteroatoms. The first-order chi connectivity index (χ1) is 13.3. The van der Waals surface area contributed by atoms with E-state index < -0.39 is 34.7 Å².